The second-order valence-corrected chi connectivity index (χ2v) is 7.94. The summed E-state index contributed by atoms with van der Waals surface area (Å²) in [6.07, 6.45) is 2.99. The van der Waals surface area contributed by atoms with Crippen LogP contribution < -0.4 is 20.8 Å². The van der Waals surface area contributed by atoms with Crippen LogP contribution in [0.4, 0.5) is 29.2 Å². The maximum atomic E-state index is 11.3. The van der Waals surface area contributed by atoms with Gasteiger partial charge in [0.1, 0.15) is 23.0 Å². The van der Waals surface area contributed by atoms with Crippen LogP contribution in [0.25, 0.3) is 11.3 Å². The minimum absolute atomic E-state index is 0.0508. The molecule has 0 saturated carbocycles. The SMILES string of the molecule is COc1ccc(Nc2nc(NCc3ccco3)nc(NN=Cc3ccc(-c4ccccc4[N+](=O)[O-])o3)n2)cc1. The van der Waals surface area contributed by atoms with Gasteiger partial charge in [-0.3, -0.25) is 10.1 Å². The Morgan fingerprint density at radius 2 is 1.77 bits per heavy atom. The summed E-state index contributed by atoms with van der Waals surface area (Å²) in [4.78, 5) is 24.0. The van der Waals surface area contributed by atoms with E-state index in [4.69, 9.17) is 13.6 Å². The number of nitro benzene ring substituents is 1. The van der Waals surface area contributed by atoms with Crippen molar-refractivity contribution in [2.24, 2.45) is 5.10 Å². The number of furan rings is 2. The number of ether oxygens (including phenoxy) is 1. The largest absolute Gasteiger partial charge is 0.497 e. The molecule has 5 rings (SSSR count). The number of para-hydroxylation sites is 1. The molecule has 13 heteroatoms. The first-order valence-corrected chi connectivity index (χ1v) is 11.6. The Morgan fingerprint density at radius 3 is 2.54 bits per heavy atom. The fraction of sp³-hybridized carbons (Fsp3) is 0.0769. The van der Waals surface area contributed by atoms with E-state index in [1.807, 2.05) is 30.3 Å². The summed E-state index contributed by atoms with van der Waals surface area (Å²) in [6.45, 7) is 0.364. The summed E-state index contributed by atoms with van der Waals surface area (Å²) in [5.41, 5.74) is 3.83. The van der Waals surface area contributed by atoms with Gasteiger partial charge < -0.3 is 24.2 Å². The molecule has 0 radical (unpaired) electrons. The van der Waals surface area contributed by atoms with E-state index in [-0.39, 0.29) is 23.5 Å². The number of nitrogens with one attached hydrogen (secondary N) is 3. The number of hydrogen-bond donors (Lipinski definition) is 3. The smallest absolute Gasteiger partial charge is 0.280 e. The van der Waals surface area contributed by atoms with Crippen LogP contribution in [0.3, 0.4) is 0 Å². The number of hydrazone groups is 1. The molecule has 0 aliphatic heterocycles. The highest BCUT2D eigenvalue weighted by atomic mass is 16.6. The van der Waals surface area contributed by atoms with Crippen molar-refractivity contribution < 1.29 is 18.5 Å². The molecule has 196 valence electrons. The van der Waals surface area contributed by atoms with Gasteiger partial charge in [-0.1, -0.05) is 12.1 Å². The predicted molar refractivity (Wildman–Crippen MR) is 144 cm³/mol. The minimum Gasteiger partial charge on any atom is -0.497 e. The number of rotatable bonds is 11. The van der Waals surface area contributed by atoms with Crippen molar-refractivity contribution in [3.05, 3.63) is 101 Å². The molecule has 0 atom stereocenters. The van der Waals surface area contributed by atoms with E-state index in [9.17, 15) is 10.1 Å². The van der Waals surface area contributed by atoms with E-state index in [0.29, 0.717) is 29.4 Å². The second kappa shape index (κ2) is 11.6. The Bertz CT molecular complexity index is 1580. The maximum absolute atomic E-state index is 11.3. The third-order valence-corrected chi connectivity index (χ3v) is 5.33. The first kappa shape index (κ1) is 25.0. The Kier molecular flexibility index (Phi) is 7.39. The third-order valence-electron chi connectivity index (χ3n) is 5.33. The second-order valence-electron chi connectivity index (χ2n) is 7.94. The number of aromatic nitrogens is 3. The molecule has 0 amide bonds. The van der Waals surface area contributed by atoms with Gasteiger partial charge in [0.2, 0.25) is 17.8 Å². The lowest BCUT2D eigenvalue weighted by molar-refractivity contribution is -0.384. The van der Waals surface area contributed by atoms with Crippen LogP contribution in [0.1, 0.15) is 11.5 Å². The van der Waals surface area contributed by atoms with E-state index in [1.54, 1.807) is 49.8 Å². The van der Waals surface area contributed by atoms with Crippen molar-refractivity contribution in [3.63, 3.8) is 0 Å². The zero-order chi connectivity index (χ0) is 27.0. The lowest BCUT2D eigenvalue weighted by Gasteiger charge is -2.10. The molecule has 2 aromatic carbocycles. The molecule has 0 spiro atoms. The highest BCUT2D eigenvalue weighted by Crippen LogP contribution is 2.30. The number of methoxy groups -OCH3 is 1. The molecule has 39 heavy (non-hydrogen) atoms. The van der Waals surface area contributed by atoms with Gasteiger partial charge >= 0.3 is 0 Å². The predicted octanol–water partition coefficient (Wildman–Crippen LogP) is 5.44. The molecule has 0 unspecified atom stereocenters. The molecule has 0 fully saturated rings. The van der Waals surface area contributed by atoms with Crippen LogP contribution in [-0.2, 0) is 6.54 Å². The number of benzene rings is 2. The van der Waals surface area contributed by atoms with Gasteiger partial charge in [0.25, 0.3) is 5.69 Å². The average Bonchev–Trinajstić information content (AvgIpc) is 3.65. The third kappa shape index (κ3) is 6.35. The van der Waals surface area contributed by atoms with Crippen molar-refractivity contribution in [2.45, 2.75) is 6.54 Å². The lowest BCUT2D eigenvalue weighted by atomic mass is 10.1. The van der Waals surface area contributed by atoms with Crippen molar-refractivity contribution in [2.75, 3.05) is 23.2 Å². The number of nitrogens with zero attached hydrogens (tertiary/aromatic N) is 5. The van der Waals surface area contributed by atoms with Crippen LogP contribution >= 0.6 is 0 Å². The van der Waals surface area contributed by atoms with Crippen molar-refractivity contribution in [1.82, 2.24) is 15.0 Å². The van der Waals surface area contributed by atoms with Crippen molar-refractivity contribution >= 4 is 35.4 Å². The summed E-state index contributed by atoms with van der Waals surface area (Å²) in [6, 6.07) is 20.5. The van der Waals surface area contributed by atoms with Gasteiger partial charge in [-0.2, -0.15) is 20.1 Å². The van der Waals surface area contributed by atoms with Crippen LogP contribution in [0.5, 0.6) is 5.75 Å². The van der Waals surface area contributed by atoms with E-state index in [1.165, 1.54) is 12.3 Å². The van der Waals surface area contributed by atoms with Gasteiger partial charge in [-0.05, 0) is 54.6 Å². The van der Waals surface area contributed by atoms with Crippen LogP contribution in [-0.4, -0.2) is 33.2 Å². The van der Waals surface area contributed by atoms with E-state index in [2.05, 4.69) is 36.1 Å². The van der Waals surface area contributed by atoms with Crippen LogP contribution in [0, 0.1) is 10.1 Å². The van der Waals surface area contributed by atoms with Crippen LogP contribution in [0.2, 0.25) is 0 Å². The first-order chi connectivity index (χ1) is 19.1. The molecule has 0 saturated heterocycles. The van der Waals surface area contributed by atoms with Crippen LogP contribution in [0.15, 0.2) is 93.0 Å². The van der Waals surface area contributed by atoms with Gasteiger partial charge in [0.15, 0.2) is 0 Å². The van der Waals surface area contributed by atoms with E-state index >= 15 is 0 Å². The number of anilines is 4. The molecule has 0 bridgehead atoms. The Balaban J connectivity index is 1.33. The molecule has 13 nitrogen and oxygen atoms in total. The zero-order valence-corrected chi connectivity index (χ0v) is 20.6. The minimum atomic E-state index is -0.455. The normalized spacial score (nSPS) is 10.9. The zero-order valence-electron chi connectivity index (χ0n) is 20.6. The number of nitro groups is 1. The summed E-state index contributed by atoms with van der Waals surface area (Å²) in [7, 11) is 1.60. The molecule has 5 aromatic rings. The fourth-order valence-corrected chi connectivity index (χ4v) is 3.51. The summed E-state index contributed by atoms with van der Waals surface area (Å²) in [5.74, 6) is 2.86. The number of hydrogen-bond acceptors (Lipinski definition) is 12. The molecular formula is C26H22N8O5. The molecule has 3 heterocycles. The molecular weight excluding hydrogens is 504 g/mol. The van der Waals surface area contributed by atoms with E-state index < -0.39 is 4.92 Å². The Morgan fingerprint density at radius 1 is 0.974 bits per heavy atom. The Labute approximate surface area is 221 Å². The van der Waals surface area contributed by atoms with Crippen molar-refractivity contribution in [1.29, 1.82) is 0 Å². The lowest BCUT2D eigenvalue weighted by Crippen LogP contribution is -2.09. The molecule has 3 N–H and O–H groups in total. The standard InChI is InChI=1S/C26H22N8O5/c1-37-18-10-8-17(9-11-18)29-25-30-24(27-15-19-5-4-14-38-19)31-26(32-25)33-28-16-20-12-13-23(39-20)21-6-2-3-7-22(21)34(35)36/h2-14,16H,15H2,1H3,(H3,27,29,30,31,32,33). The van der Waals surface area contributed by atoms with Gasteiger partial charge in [-0.15, -0.1) is 0 Å². The quantitative estimate of drug-likeness (QED) is 0.114. The molecule has 3 aromatic heterocycles. The first-order valence-electron chi connectivity index (χ1n) is 11.6. The van der Waals surface area contributed by atoms with Gasteiger partial charge in [0.05, 0.1) is 36.6 Å². The van der Waals surface area contributed by atoms with Crippen molar-refractivity contribution in [3.8, 4) is 17.1 Å². The summed E-state index contributed by atoms with van der Waals surface area (Å²) >= 11 is 0. The monoisotopic (exact) mass is 526 g/mol. The highest BCUT2D eigenvalue weighted by Gasteiger charge is 2.17. The average molecular weight is 527 g/mol. The maximum Gasteiger partial charge on any atom is 0.280 e. The fourth-order valence-electron chi connectivity index (χ4n) is 3.51. The van der Waals surface area contributed by atoms with E-state index in [0.717, 1.165) is 11.4 Å². The Hall–Kier alpha value is -5.72. The molecule has 0 aliphatic carbocycles. The van der Waals surface area contributed by atoms with Gasteiger partial charge in [0, 0.05) is 11.8 Å². The van der Waals surface area contributed by atoms with Gasteiger partial charge in [-0.25, -0.2) is 5.43 Å². The summed E-state index contributed by atoms with van der Waals surface area (Å²) < 4.78 is 16.3. The summed E-state index contributed by atoms with van der Waals surface area (Å²) in [5, 5.41) is 21.7. The topological polar surface area (TPSA) is 166 Å². The molecule has 0 aliphatic rings. The highest BCUT2D eigenvalue weighted by molar-refractivity contribution is 5.79.